The topological polar surface area (TPSA) is 26.3 Å². The van der Waals surface area contributed by atoms with Crippen molar-refractivity contribution in [3.8, 4) is 0 Å². The molecule has 0 aromatic heterocycles. The Kier molecular flexibility index (Phi) is 3.09. The highest BCUT2D eigenvalue weighted by Gasteiger charge is 2.62. The van der Waals surface area contributed by atoms with Crippen molar-refractivity contribution in [2.24, 2.45) is 23.7 Å². The van der Waals surface area contributed by atoms with E-state index >= 15 is 0 Å². The van der Waals surface area contributed by atoms with Crippen LogP contribution in [0.5, 0.6) is 0 Å². The lowest BCUT2D eigenvalue weighted by atomic mass is 9.66. The Morgan fingerprint density at radius 3 is 2.86 bits per heavy atom. The molecular weight excluding hydrogens is 260 g/mol. The van der Waals surface area contributed by atoms with Crippen LogP contribution < -0.4 is 0 Å². The van der Waals surface area contributed by atoms with Crippen molar-refractivity contribution in [3.63, 3.8) is 0 Å². The summed E-state index contributed by atoms with van der Waals surface area (Å²) >= 11 is 0. The van der Waals surface area contributed by atoms with Gasteiger partial charge in [0.05, 0.1) is 5.92 Å². The Hall–Kier alpha value is -1.31. The minimum absolute atomic E-state index is 0.0739. The van der Waals surface area contributed by atoms with Gasteiger partial charge in [0, 0.05) is 5.92 Å². The first-order valence-corrected chi connectivity index (χ1v) is 8.46. The van der Waals surface area contributed by atoms with E-state index in [1.165, 1.54) is 31.2 Å². The van der Waals surface area contributed by atoms with Crippen molar-refractivity contribution >= 4 is 5.97 Å². The number of rotatable bonds is 2. The predicted molar refractivity (Wildman–Crippen MR) is 81.7 cm³/mol. The van der Waals surface area contributed by atoms with Gasteiger partial charge in [-0.1, -0.05) is 43.7 Å². The summed E-state index contributed by atoms with van der Waals surface area (Å²) in [4.78, 5) is 12.6. The molecule has 1 aromatic carbocycles. The molecule has 21 heavy (non-hydrogen) atoms. The first-order chi connectivity index (χ1) is 10.2. The van der Waals surface area contributed by atoms with Gasteiger partial charge in [0.1, 0.15) is 5.60 Å². The summed E-state index contributed by atoms with van der Waals surface area (Å²) in [5.74, 6) is 1.94. The molecule has 1 spiro atoms. The summed E-state index contributed by atoms with van der Waals surface area (Å²) in [6.45, 7) is 2.32. The highest BCUT2D eigenvalue weighted by molar-refractivity contribution is 5.76. The molecule has 0 N–H and O–H groups in total. The third-order valence-corrected chi connectivity index (χ3v) is 6.12. The monoisotopic (exact) mass is 284 g/mol. The lowest BCUT2D eigenvalue weighted by Gasteiger charge is -2.40. The Balaban J connectivity index is 1.63. The first-order valence-electron chi connectivity index (χ1n) is 8.46. The van der Waals surface area contributed by atoms with E-state index in [-0.39, 0.29) is 17.5 Å². The quantitative estimate of drug-likeness (QED) is 0.768. The maximum Gasteiger partial charge on any atom is 0.310 e. The van der Waals surface area contributed by atoms with E-state index in [1.807, 2.05) is 6.07 Å². The second-order valence-corrected chi connectivity index (χ2v) is 7.45. The van der Waals surface area contributed by atoms with Crippen molar-refractivity contribution in [1.82, 2.24) is 0 Å². The van der Waals surface area contributed by atoms with Gasteiger partial charge in [-0.2, -0.15) is 0 Å². The van der Waals surface area contributed by atoms with Gasteiger partial charge in [0.15, 0.2) is 0 Å². The van der Waals surface area contributed by atoms with Crippen LogP contribution in [-0.2, 0) is 16.0 Å². The number of esters is 1. The zero-order chi connectivity index (χ0) is 14.4. The SMILES string of the molecule is CC1C[C@H]2CCC[C@H]3[C@@H](Cc4ccccc4)C(=O)O[C@@]23C1. The fourth-order valence-electron chi connectivity index (χ4n) is 5.39. The number of hydrogen-bond donors (Lipinski definition) is 0. The van der Waals surface area contributed by atoms with Crippen molar-refractivity contribution in [3.05, 3.63) is 35.9 Å². The third-order valence-electron chi connectivity index (χ3n) is 6.12. The van der Waals surface area contributed by atoms with Crippen molar-refractivity contribution in [2.75, 3.05) is 0 Å². The minimum Gasteiger partial charge on any atom is -0.458 e. The van der Waals surface area contributed by atoms with E-state index in [1.54, 1.807) is 0 Å². The number of hydrogen-bond acceptors (Lipinski definition) is 2. The van der Waals surface area contributed by atoms with Gasteiger partial charge < -0.3 is 4.74 Å². The largest absolute Gasteiger partial charge is 0.458 e. The zero-order valence-electron chi connectivity index (χ0n) is 12.8. The van der Waals surface area contributed by atoms with Gasteiger partial charge in [-0.05, 0) is 49.5 Å². The molecule has 1 heterocycles. The summed E-state index contributed by atoms with van der Waals surface area (Å²) in [5, 5.41) is 0. The Bertz CT molecular complexity index is 538. The van der Waals surface area contributed by atoms with Crippen molar-refractivity contribution in [2.45, 2.75) is 51.0 Å². The fraction of sp³-hybridized carbons (Fsp3) is 0.632. The highest BCUT2D eigenvalue weighted by atomic mass is 16.6. The van der Waals surface area contributed by atoms with E-state index in [0.29, 0.717) is 17.8 Å². The zero-order valence-corrected chi connectivity index (χ0v) is 12.8. The molecule has 0 radical (unpaired) electrons. The lowest BCUT2D eigenvalue weighted by Crippen LogP contribution is -2.43. The second kappa shape index (κ2) is 4.86. The van der Waals surface area contributed by atoms with Gasteiger partial charge in [0.2, 0.25) is 0 Å². The van der Waals surface area contributed by atoms with Crippen LogP contribution in [0.25, 0.3) is 0 Å². The van der Waals surface area contributed by atoms with E-state index in [2.05, 4.69) is 31.2 Å². The number of carbonyl (C=O) groups excluding carboxylic acids is 1. The molecule has 0 amide bonds. The van der Waals surface area contributed by atoms with E-state index in [0.717, 1.165) is 12.8 Å². The molecule has 0 bridgehead atoms. The van der Waals surface area contributed by atoms with Crippen LogP contribution in [0.2, 0.25) is 0 Å². The minimum atomic E-state index is -0.103. The summed E-state index contributed by atoms with van der Waals surface area (Å²) < 4.78 is 6.09. The highest BCUT2D eigenvalue weighted by Crippen LogP contribution is 2.59. The summed E-state index contributed by atoms with van der Waals surface area (Å²) in [6.07, 6.45) is 6.90. The van der Waals surface area contributed by atoms with Crippen LogP contribution >= 0.6 is 0 Å². The molecule has 1 saturated heterocycles. The van der Waals surface area contributed by atoms with Crippen molar-refractivity contribution < 1.29 is 9.53 Å². The van der Waals surface area contributed by atoms with Crippen molar-refractivity contribution in [1.29, 1.82) is 0 Å². The normalized spacial score (nSPS) is 41.5. The predicted octanol–water partition coefficient (Wildman–Crippen LogP) is 3.99. The van der Waals surface area contributed by atoms with Gasteiger partial charge in [-0.3, -0.25) is 4.79 Å². The molecule has 2 saturated carbocycles. The number of benzene rings is 1. The summed E-state index contributed by atoms with van der Waals surface area (Å²) in [6, 6.07) is 10.4. The van der Waals surface area contributed by atoms with Crippen LogP contribution in [-0.4, -0.2) is 11.6 Å². The lowest BCUT2D eigenvalue weighted by molar-refractivity contribution is -0.155. The molecule has 112 valence electrons. The third kappa shape index (κ3) is 2.03. The van der Waals surface area contributed by atoms with Gasteiger partial charge in [-0.15, -0.1) is 0 Å². The van der Waals surface area contributed by atoms with E-state index in [4.69, 9.17) is 4.74 Å². The van der Waals surface area contributed by atoms with E-state index in [9.17, 15) is 4.79 Å². The fourth-order valence-corrected chi connectivity index (χ4v) is 5.39. The van der Waals surface area contributed by atoms with Gasteiger partial charge in [-0.25, -0.2) is 0 Å². The van der Waals surface area contributed by atoms with E-state index < -0.39 is 0 Å². The maximum absolute atomic E-state index is 12.6. The molecular formula is C19H24O2. The smallest absolute Gasteiger partial charge is 0.310 e. The van der Waals surface area contributed by atoms with Gasteiger partial charge in [0.25, 0.3) is 0 Å². The summed E-state index contributed by atoms with van der Waals surface area (Å²) in [7, 11) is 0. The Labute approximate surface area is 126 Å². The molecule has 4 rings (SSSR count). The standard InChI is InChI=1S/C19H24O2/c1-13-10-15-8-5-9-17-16(11-14-6-3-2-4-7-14)18(20)21-19(15,17)12-13/h2-4,6-7,13,15-17H,5,8-12H2,1H3/t13?,15-,16-,17+,19+/m1/s1. The van der Waals surface area contributed by atoms with Crippen LogP contribution in [0, 0.1) is 23.7 Å². The Morgan fingerprint density at radius 1 is 1.24 bits per heavy atom. The van der Waals surface area contributed by atoms with Crippen LogP contribution in [0.1, 0.15) is 44.6 Å². The van der Waals surface area contributed by atoms with Gasteiger partial charge >= 0.3 is 5.97 Å². The molecule has 3 fully saturated rings. The molecule has 1 aromatic rings. The second-order valence-electron chi connectivity index (χ2n) is 7.45. The average molecular weight is 284 g/mol. The summed E-state index contributed by atoms with van der Waals surface area (Å²) in [5.41, 5.74) is 1.17. The molecule has 5 atom stereocenters. The first kappa shape index (κ1) is 13.4. The molecule has 3 aliphatic rings. The van der Waals surface area contributed by atoms with Crippen LogP contribution in [0.3, 0.4) is 0 Å². The molecule has 1 unspecified atom stereocenters. The number of ether oxygens (including phenoxy) is 1. The van der Waals surface area contributed by atoms with Crippen LogP contribution in [0.15, 0.2) is 30.3 Å². The van der Waals surface area contributed by atoms with Crippen LogP contribution in [0.4, 0.5) is 0 Å². The molecule has 2 heteroatoms. The maximum atomic E-state index is 12.6. The molecule has 1 aliphatic heterocycles. The molecule has 2 aliphatic carbocycles. The average Bonchev–Trinajstić information content (AvgIpc) is 2.93. The Morgan fingerprint density at radius 2 is 2.05 bits per heavy atom. The number of carbonyl (C=O) groups is 1. The molecule has 2 nitrogen and oxygen atoms in total.